The third-order valence-electron chi connectivity index (χ3n) is 2.85. The van der Waals surface area contributed by atoms with Crippen molar-refractivity contribution in [1.82, 2.24) is 5.32 Å². The van der Waals surface area contributed by atoms with Gasteiger partial charge in [-0.15, -0.1) is 0 Å². The Morgan fingerprint density at radius 1 is 1.42 bits per heavy atom. The van der Waals surface area contributed by atoms with Crippen LogP contribution in [0.5, 0.6) is 0 Å². The van der Waals surface area contributed by atoms with Crippen LogP contribution in [0.15, 0.2) is 18.2 Å². The average Bonchev–Trinajstić information content (AvgIpc) is 2.35. The molecule has 19 heavy (non-hydrogen) atoms. The number of hydrogen-bond acceptors (Lipinski definition) is 2. The third kappa shape index (κ3) is 3.83. The van der Waals surface area contributed by atoms with Crippen LogP contribution in [0.3, 0.4) is 0 Å². The van der Waals surface area contributed by atoms with Crippen LogP contribution in [-0.2, 0) is 9.59 Å². The van der Waals surface area contributed by atoms with E-state index >= 15 is 0 Å². The molecule has 1 aromatic carbocycles. The Labute approximate surface area is 120 Å². The fraction of sp³-hybridized carbons (Fsp3) is 0.333. The van der Waals surface area contributed by atoms with Gasteiger partial charge >= 0.3 is 0 Å². The fourth-order valence-corrected chi connectivity index (χ4v) is 2.28. The molecule has 7 heteroatoms. The van der Waals surface area contributed by atoms with Gasteiger partial charge in [-0.2, -0.15) is 0 Å². The lowest BCUT2D eigenvalue weighted by atomic mass is 10.3. The van der Waals surface area contributed by atoms with Crippen LogP contribution in [0, 0.1) is 0 Å². The molecule has 1 unspecified atom stereocenters. The topological polar surface area (TPSA) is 62.6 Å². The van der Waals surface area contributed by atoms with Crippen molar-refractivity contribution in [1.29, 1.82) is 0 Å². The van der Waals surface area contributed by atoms with Crippen molar-refractivity contribution < 1.29 is 14.5 Å². The van der Waals surface area contributed by atoms with Crippen molar-refractivity contribution in [2.75, 3.05) is 31.5 Å². The van der Waals surface area contributed by atoms with Crippen molar-refractivity contribution in [2.24, 2.45) is 0 Å². The van der Waals surface area contributed by atoms with Gasteiger partial charge < -0.3 is 15.5 Å². The smallest absolute Gasteiger partial charge is 0.279 e. The highest BCUT2D eigenvalue weighted by molar-refractivity contribution is 6.43. The van der Waals surface area contributed by atoms with Crippen LogP contribution in [0.2, 0.25) is 10.0 Å². The summed E-state index contributed by atoms with van der Waals surface area (Å²) in [7, 11) is 0. The molecule has 1 heterocycles. The Kier molecular flexibility index (Phi) is 4.63. The highest BCUT2D eigenvalue weighted by atomic mass is 35.5. The Morgan fingerprint density at radius 2 is 2.21 bits per heavy atom. The van der Waals surface area contributed by atoms with Crippen molar-refractivity contribution in [2.45, 2.75) is 0 Å². The zero-order chi connectivity index (χ0) is 13.8. The molecule has 1 aliphatic rings. The number of halogens is 2. The molecule has 1 atom stereocenters. The number of quaternary nitrogens is 1. The number of piperazine rings is 1. The van der Waals surface area contributed by atoms with E-state index in [1.165, 1.54) is 0 Å². The Balaban J connectivity index is 1.94. The Morgan fingerprint density at radius 3 is 2.95 bits per heavy atom. The van der Waals surface area contributed by atoms with Crippen LogP contribution in [0.1, 0.15) is 0 Å². The zero-order valence-corrected chi connectivity index (χ0v) is 11.6. The van der Waals surface area contributed by atoms with E-state index in [-0.39, 0.29) is 18.4 Å². The van der Waals surface area contributed by atoms with Crippen molar-refractivity contribution in [3.05, 3.63) is 28.2 Å². The van der Waals surface area contributed by atoms with E-state index in [2.05, 4.69) is 10.6 Å². The molecule has 0 spiro atoms. The van der Waals surface area contributed by atoms with Crippen LogP contribution >= 0.6 is 23.2 Å². The maximum Gasteiger partial charge on any atom is 0.279 e. The number of anilines is 1. The molecule has 0 saturated carbocycles. The van der Waals surface area contributed by atoms with E-state index in [1.54, 1.807) is 18.2 Å². The van der Waals surface area contributed by atoms with E-state index in [1.807, 2.05) is 0 Å². The number of amides is 2. The molecule has 5 nitrogen and oxygen atoms in total. The molecule has 0 aromatic heterocycles. The number of hydrogen-bond donors (Lipinski definition) is 3. The molecule has 0 radical (unpaired) electrons. The van der Waals surface area contributed by atoms with Gasteiger partial charge in [0.05, 0.1) is 28.8 Å². The lowest BCUT2D eigenvalue weighted by molar-refractivity contribution is -0.885. The molecule has 0 aliphatic carbocycles. The predicted molar refractivity (Wildman–Crippen MR) is 73.7 cm³/mol. The minimum atomic E-state index is -0.186. The van der Waals surface area contributed by atoms with Gasteiger partial charge in [0.15, 0.2) is 13.1 Å². The summed E-state index contributed by atoms with van der Waals surface area (Å²) in [4.78, 5) is 24.0. The average molecular weight is 303 g/mol. The number of nitrogens with one attached hydrogen (secondary N) is 3. The van der Waals surface area contributed by atoms with Gasteiger partial charge in [0, 0.05) is 0 Å². The quantitative estimate of drug-likeness (QED) is 0.733. The number of rotatable bonds is 3. The fourth-order valence-electron chi connectivity index (χ4n) is 1.93. The molecule has 1 aliphatic heterocycles. The summed E-state index contributed by atoms with van der Waals surface area (Å²) in [5.41, 5.74) is 0.486. The molecule has 1 aromatic rings. The second-order valence-corrected chi connectivity index (χ2v) is 5.14. The van der Waals surface area contributed by atoms with E-state index < -0.39 is 0 Å². The molecule has 1 fully saturated rings. The second-order valence-electron chi connectivity index (χ2n) is 4.35. The summed E-state index contributed by atoms with van der Waals surface area (Å²) in [5, 5.41) is 6.14. The van der Waals surface area contributed by atoms with Crippen LogP contribution in [0.25, 0.3) is 0 Å². The van der Waals surface area contributed by atoms with E-state index in [9.17, 15) is 9.59 Å². The van der Waals surface area contributed by atoms with E-state index in [0.717, 1.165) is 11.4 Å². The SMILES string of the molecule is O=C1C[NH+](CC(=O)Nc2cccc(Cl)c2Cl)CCN1. The first-order chi connectivity index (χ1) is 9.06. The molecular weight excluding hydrogens is 289 g/mol. The lowest BCUT2D eigenvalue weighted by Crippen LogP contribution is -3.16. The third-order valence-corrected chi connectivity index (χ3v) is 3.67. The molecule has 102 valence electrons. The molecule has 2 rings (SSSR count). The first-order valence-electron chi connectivity index (χ1n) is 5.90. The van der Waals surface area contributed by atoms with Crippen LogP contribution in [-0.4, -0.2) is 38.0 Å². The van der Waals surface area contributed by atoms with Crippen molar-refractivity contribution in [3.8, 4) is 0 Å². The van der Waals surface area contributed by atoms with Crippen molar-refractivity contribution in [3.63, 3.8) is 0 Å². The summed E-state index contributed by atoms with van der Waals surface area (Å²) in [5.74, 6) is -0.219. The maximum atomic E-state index is 11.9. The maximum absolute atomic E-state index is 11.9. The standard InChI is InChI=1S/C12H13Cl2N3O2/c13-8-2-1-3-9(12(8)14)16-11(19)7-17-5-4-15-10(18)6-17/h1-3H,4-7H2,(H,15,18)(H,16,19)/p+1. The number of benzene rings is 1. The summed E-state index contributed by atoms with van der Waals surface area (Å²) in [6, 6.07) is 5.05. The predicted octanol–water partition coefficient (Wildman–Crippen LogP) is -0.0534. The highest BCUT2D eigenvalue weighted by Crippen LogP contribution is 2.29. The Hall–Kier alpha value is -1.30. The molecule has 0 bridgehead atoms. The van der Waals surface area contributed by atoms with Gasteiger partial charge in [0.2, 0.25) is 0 Å². The first-order valence-corrected chi connectivity index (χ1v) is 6.66. The van der Waals surface area contributed by atoms with Gasteiger partial charge in [0.1, 0.15) is 0 Å². The number of carbonyl (C=O) groups excluding carboxylic acids is 2. The molecule has 1 saturated heterocycles. The van der Waals surface area contributed by atoms with Gasteiger partial charge in [-0.05, 0) is 12.1 Å². The second kappa shape index (κ2) is 6.23. The van der Waals surface area contributed by atoms with Gasteiger partial charge in [0.25, 0.3) is 11.8 Å². The monoisotopic (exact) mass is 302 g/mol. The molecule has 2 amide bonds. The van der Waals surface area contributed by atoms with E-state index in [0.29, 0.717) is 28.8 Å². The lowest BCUT2D eigenvalue weighted by Gasteiger charge is -2.23. The largest absolute Gasteiger partial charge is 0.346 e. The summed E-state index contributed by atoms with van der Waals surface area (Å²) in [6.07, 6.45) is 0. The Bertz CT molecular complexity index is 508. The van der Waals surface area contributed by atoms with Crippen molar-refractivity contribution >= 4 is 40.7 Å². The molecule has 3 N–H and O–H groups in total. The first kappa shape index (κ1) is 14.1. The number of carbonyl (C=O) groups is 2. The minimum Gasteiger partial charge on any atom is -0.346 e. The highest BCUT2D eigenvalue weighted by Gasteiger charge is 2.22. The van der Waals surface area contributed by atoms with Gasteiger partial charge in [-0.3, -0.25) is 9.59 Å². The summed E-state index contributed by atoms with van der Waals surface area (Å²) >= 11 is 11.9. The van der Waals surface area contributed by atoms with E-state index in [4.69, 9.17) is 23.2 Å². The summed E-state index contributed by atoms with van der Waals surface area (Å²) in [6.45, 7) is 1.88. The molecular formula is C12H14Cl2N3O2+. The van der Waals surface area contributed by atoms with Crippen LogP contribution in [0.4, 0.5) is 5.69 Å². The summed E-state index contributed by atoms with van der Waals surface area (Å²) < 4.78 is 0. The van der Waals surface area contributed by atoms with Gasteiger partial charge in [-0.25, -0.2) is 0 Å². The van der Waals surface area contributed by atoms with Crippen LogP contribution < -0.4 is 15.5 Å². The zero-order valence-electron chi connectivity index (χ0n) is 10.1. The van der Waals surface area contributed by atoms with Gasteiger partial charge in [-0.1, -0.05) is 29.3 Å². The minimum absolute atomic E-state index is 0.0326. The normalized spacial score (nSPS) is 18.8.